The van der Waals surface area contributed by atoms with Gasteiger partial charge in [0.05, 0.1) is 24.9 Å². The topological polar surface area (TPSA) is 39.6 Å². The number of anilines is 1. The second kappa shape index (κ2) is 3.69. The molecule has 0 aliphatic rings. The van der Waals surface area contributed by atoms with Gasteiger partial charge in [-0.05, 0) is 12.1 Å². The smallest absolute Gasteiger partial charge is 0.407 e. The average Bonchev–Trinajstić information content (AvgIpc) is 2.16. The first-order valence-corrected chi connectivity index (χ1v) is 3.82. The van der Waals surface area contributed by atoms with Crippen molar-refractivity contribution in [2.24, 2.45) is 0 Å². The minimum absolute atomic E-state index is 0.0639. The second-order valence-corrected chi connectivity index (χ2v) is 2.72. The highest BCUT2D eigenvalue weighted by molar-refractivity contribution is 5.67. The van der Waals surface area contributed by atoms with Gasteiger partial charge >= 0.3 is 6.18 Å². The highest BCUT2D eigenvalue weighted by Crippen LogP contribution is 2.40. The van der Waals surface area contributed by atoms with Crippen LogP contribution in [0.2, 0.25) is 0 Å². The first kappa shape index (κ1) is 11.2. The normalized spacial score (nSPS) is 10.9. The maximum absolute atomic E-state index is 12.4. The standard InChI is InChI=1S/C9H7F3N2O/c1-14-7-4-8(15-2)6(13)3-5(7)9(10,11)12/h3-4H,13H2,2H3. The number of nitrogens with zero attached hydrogens (tertiary/aromatic N) is 1. The van der Waals surface area contributed by atoms with Crippen molar-refractivity contribution in [1.82, 2.24) is 0 Å². The van der Waals surface area contributed by atoms with Gasteiger partial charge in [0.25, 0.3) is 0 Å². The van der Waals surface area contributed by atoms with Gasteiger partial charge in [-0.2, -0.15) is 13.2 Å². The molecule has 0 bridgehead atoms. The van der Waals surface area contributed by atoms with Crippen molar-refractivity contribution in [2.45, 2.75) is 6.18 Å². The van der Waals surface area contributed by atoms with Gasteiger partial charge in [0.15, 0.2) is 0 Å². The molecule has 0 aromatic heterocycles. The number of halogens is 3. The molecule has 1 rings (SSSR count). The van der Waals surface area contributed by atoms with Crippen molar-refractivity contribution in [3.63, 3.8) is 0 Å². The Bertz CT molecular complexity index is 421. The molecule has 2 N–H and O–H groups in total. The van der Waals surface area contributed by atoms with E-state index < -0.39 is 17.4 Å². The third-order valence-electron chi connectivity index (χ3n) is 1.77. The van der Waals surface area contributed by atoms with E-state index in [-0.39, 0.29) is 11.4 Å². The van der Waals surface area contributed by atoms with Crippen LogP contribution in [0.15, 0.2) is 12.1 Å². The molecule has 0 saturated carbocycles. The van der Waals surface area contributed by atoms with E-state index in [1.807, 2.05) is 0 Å². The minimum Gasteiger partial charge on any atom is -0.496 e. The average molecular weight is 216 g/mol. The van der Waals surface area contributed by atoms with E-state index in [2.05, 4.69) is 4.85 Å². The first-order valence-electron chi connectivity index (χ1n) is 3.82. The highest BCUT2D eigenvalue weighted by Gasteiger charge is 2.34. The summed E-state index contributed by atoms with van der Waals surface area (Å²) in [7, 11) is 1.27. The van der Waals surface area contributed by atoms with Crippen LogP contribution in [0.25, 0.3) is 4.85 Å². The summed E-state index contributed by atoms with van der Waals surface area (Å²) in [4.78, 5) is 2.78. The molecule has 0 aliphatic carbocycles. The van der Waals surface area contributed by atoms with Gasteiger partial charge < -0.3 is 10.5 Å². The van der Waals surface area contributed by atoms with Crippen molar-refractivity contribution in [3.8, 4) is 5.75 Å². The van der Waals surface area contributed by atoms with E-state index in [0.717, 1.165) is 6.07 Å². The first-order chi connectivity index (χ1) is 6.90. The summed E-state index contributed by atoms with van der Waals surface area (Å²) in [5, 5.41) is 0. The van der Waals surface area contributed by atoms with Crippen molar-refractivity contribution in [3.05, 3.63) is 29.1 Å². The van der Waals surface area contributed by atoms with E-state index in [1.54, 1.807) is 0 Å². The molecule has 0 heterocycles. The third-order valence-corrected chi connectivity index (χ3v) is 1.77. The fourth-order valence-corrected chi connectivity index (χ4v) is 1.08. The molecule has 0 saturated heterocycles. The molecule has 15 heavy (non-hydrogen) atoms. The van der Waals surface area contributed by atoms with E-state index in [0.29, 0.717) is 6.07 Å². The Hall–Kier alpha value is -1.90. The number of nitrogens with two attached hydrogens (primary N) is 1. The summed E-state index contributed by atoms with van der Waals surface area (Å²) in [5.74, 6) is 0.0639. The van der Waals surface area contributed by atoms with Gasteiger partial charge in [0.2, 0.25) is 5.69 Å². The summed E-state index contributed by atoms with van der Waals surface area (Å²) in [6.07, 6.45) is -4.58. The highest BCUT2D eigenvalue weighted by atomic mass is 19.4. The summed E-state index contributed by atoms with van der Waals surface area (Å²) in [6.45, 7) is 6.64. The number of rotatable bonds is 1. The van der Waals surface area contributed by atoms with Crippen LogP contribution < -0.4 is 10.5 Å². The molecule has 0 amide bonds. The van der Waals surface area contributed by atoms with Crippen molar-refractivity contribution >= 4 is 11.4 Å². The Balaban J connectivity index is 3.43. The quantitative estimate of drug-likeness (QED) is 0.579. The van der Waals surface area contributed by atoms with Crippen molar-refractivity contribution in [1.29, 1.82) is 0 Å². The molecule has 80 valence electrons. The molecule has 0 spiro atoms. The van der Waals surface area contributed by atoms with Gasteiger partial charge in [-0.1, -0.05) is 0 Å². The maximum Gasteiger partial charge on any atom is 0.407 e. The summed E-state index contributed by atoms with van der Waals surface area (Å²) < 4.78 is 42.0. The van der Waals surface area contributed by atoms with Crippen LogP contribution in [-0.4, -0.2) is 7.11 Å². The molecule has 0 radical (unpaired) electrons. The van der Waals surface area contributed by atoms with Crippen LogP contribution in [0.1, 0.15) is 5.56 Å². The lowest BCUT2D eigenvalue weighted by molar-refractivity contribution is -0.136. The van der Waals surface area contributed by atoms with Gasteiger partial charge in [-0.15, -0.1) is 0 Å². The maximum atomic E-state index is 12.4. The predicted octanol–water partition coefficient (Wildman–Crippen LogP) is 2.85. The molecular weight excluding hydrogens is 209 g/mol. The molecule has 1 aromatic rings. The third kappa shape index (κ3) is 2.13. The van der Waals surface area contributed by atoms with Crippen LogP contribution >= 0.6 is 0 Å². The predicted molar refractivity (Wildman–Crippen MR) is 48.7 cm³/mol. The molecule has 1 aromatic carbocycles. The number of hydrogen-bond acceptors (Lipinski definition) is 2. The van der Waals surface area contributed by atoms with Gasteiger partial charge in [-0.3, -0.25) is 0 Å². The zero-order chi connectivity index (χ0) is 11.6. The number of alkyl halides is 3. The van der Waals surface area contributed by atoms with E-state index >= 15 is 0 Å². The Labute approximate surface area is 84.1 Å². The fourth-order valence-electron chi connectivity index (χ4n) is 1.08. The van der Waals surface area contributed by atoms with Crippen LogP contribution in [-0.2, 0) is 6.18 Å². The number of benzene rings is 1. The SMILES string of the molecule is [C-]#[N+]c1cc(OC)c(N)cc1C(F)(F)F. The Morgan fingerprint density at radius 3 is 2.40 bits per heavy atom. The number of ether oxygens (including phenoxy) is 1. The van der Waals surface area contributed by atoms with Gasteiger partial charge in [0.1, 0.15) is 5.75 Å². The monoisotopic (exact) mass is 216 g/mol. The zero-order valence-corrected chi connectivity index (χ0v) is 7.72. The number of nitrogen functional groups attached to an aromatic ring is 1. The molecule has 0 fully saturated rings. The lowest BCUT2D eigenvalue weighted by Crippen LogP contribution is -2.06. The van der Waals surface area contributed by atoms with Gasteiger partial charge in [-0.25, -0.2) is 4.85 Å². The number of hydrogen-bond donors (Lipinski definition) is 1. The van der Waals surface area contributed by atoms with Crippen molar-refractivity contribution < 1.29 is 17.9 Å². The summed E-state index contributed by atoms with van der Waals surface area (Å²) in [5.41, 5.74) is 3.62. The van der Waals surface area contributed by atoms with Crippen molar-refractivity contribution in [2.75, 3.05) is 12.8 Å². The number of methoxy groups -OCH3 is 1. The zero-order valence-electron chi connectivity index (χ0n) is 7.72. The fraction of sp³-hybridized carbons (Fsp3) is 0.222. The van der Waals surface area contributed by atoms with Crippen LogP contribution in [0.4, 0.5) is 24.5 Å². The Morgan fingerprint density at radius 2 is 2.00 bits per heavy atom. The van der Waals surface area contributed by atoms with Crippen LogP contribution in [0.5, 0.6) is 5.75 Å². The molecule has 0 aliphatic heterocycles. The molecular formula is C9H7F3N2O. The Morgan fingerprint density at radius 1 is 1.40 bits per heavy atom. The lowest BCUT2D eigenvalue weighted by Gasteiger charge is -2.12. The molecule has 3 nitrogen and oxygen atoms in total. The summed E-state index contributed by atoms with van der Waals surface area (Å²) >= 11 is 0. The Kier molecular flexibility index (Phi) is 2.75. The largest absolute Gasteiger partial charge is 0.496 e. The summed E-state index contributed by atoms with van der Waals surface area (Å²) in [6, 6.07) is 1.68. The van der Waals surface area contributed by atoms with E-state index in [4.69, 9.17) is 17.0 Å². The molecule has 0 atom stereocenters. The lowest BCUT2D eigenvalue weighted by atomic mass is 10.1. The van der Waals surface area contributed by atoms with Gasteiger partial charge in [0, 0.05) is 0 Å². The molecule has 0 unspecified atom stereocenters. The van der Waals surface area contributed by atoms with Crippen LogP contribution in [0, 0.1) is 6.57 Å². The van der Waals surface area contributed by atoms with Crippen LogP contribution in [0.3, 0.4) is 0 Å². The second-order valence-electron chi connectivity index (χ2n) is 2.72. The van der Waals surface area contributed by atoms with E-state index in [1.165, 1.54) is 7.11 Å². The minimum atomic E-state index is -4.58. The molecule has 6 heteroatoms. The van der Waals surface area contributed by atoms with E-state index in [9.17, 15) is 13.2 Å².